The highest BCUT2D eigenvalue weighted by Gasteiger charge is 2.45. The van der Waals surface area contributed by atoms with Gasteiger partial charge in [0.1, 0.15) is 16.9 Å². The molecule has 2 aromatic heterocycles. The number of fused-ring (bicyclic) bond motifs is 1. The fourth-order valence-corrected chi connectivity index (χ4v) is 4.35. The molecule has 3 rings (SSSR count). The first-order valence-electron chi connectivity index (χ1n) is 11.5. The molecule has 3 aromatic rings. The van der Waals surface area contributed by atoms with Gasteiger partial charge in [-0.25, -0.2) is 22.9 Å². The number of carbonyl (C=O) groups is 2. The van der Waals surface area contributed by atoms with Crippen LogP contribution in [0.3, 0.4) is 0 Å². The van der Waals surface area contributed by atoms with Crippen LogP contribution < -0.4 is 9.62 Å². The Balaban J connectivity index is 1.93. The number of aromatic nitrogens is 2. The molecule has 40 heavy (non-hydrogen) atoms. The minimum absolute atomic E-state index is 0.0219. The summed E-state index contributed by atoms with van der Waals surface area (Å²) < 4.78 is 66.3. The number of benzene rings is 1. The Morgan fingerprint density at radius 2 is 1.68 bits per heavy atom. The fourth-order valence-electron chi connectivity index (χ4n) is 3.53. The Morgan fingerprint density at radius 1 is 1.05 bits per heavy atom. The second-order valence-electron chi connectivity index (χ2n) is 9.51. The Labute approximate surface area is 243 Å². The van der Waals surface area contributed by atoms with Crippen molar-refractivity contribution in [2.75, 3.05) is 11.4 Å². The van der Waals surface area contributed by atoms with Crippen LogP contribution in [-0.4, -0.2) is 51.1 Å². The number of hydrogen-bond donors (Lipinski definition) is 1. The van der Waals surface area contributed by atoms with Gasteiger partial charge in [-0.1, -0.05) is 53.0 Å². The fraction of sp³-hybridized carbons (Fsp3) is 0.375. The van der Waals surface area contributed by atoms with Gasteiger partial charge in [-0.15, -0.1) is 0 Å². The summed E-state index contributed by atoms with van der Waals surface area (Å²) in [6.45, 7) is 4.45. The smallest absolute Gasteiger partial charge is 0.443 e. The van der Waals surface area contributed by atoms with E-state index in [2.05, 4.69) is 4.98 Å². The second-order valence-corrected chi connectivity index (χ2v) is 13.5. The zero-order valence-corrected chi connectivity index (χ0v) is 24.4. The van der Waals surface area contributed by atoms with Crippen molar-refractivity contribution in [2.45, 2.75) is 48.6 Å². The number of ether oxygens (including phenoxy) is 1. The molecule has 1 amide bonds. The topological polar surface area (TPSA) is 110 Å². The number of imidazole rings is 1. The molecule has 16 heteroatoms. The van der Waals surface area contributed by atoms with E-state index in [1.165, 1.54) is 44.5 Å². The maximum absolute atomic E-state index is 13.2. The van der Waals surface area contributed by atoms with Crippen LogP contribution in [0.2, 0.25) is 0 Å². The average molecular weight is 644 g/mol. The maximum atomic E-state index is 13.2. The van der Waals surface area contributed by atoms with Gasteiger partial charge in [-0.2, -0.15) is 13.2 Å². The molecule has 1 aromatic carbocycles. The van der Waals surface area contributed by atoms with Gasteiger partial charge in [0.05, 0.1) is 12.7 Å². The van der Waals surface area contributed by atoms with Crippen LogP contribution in [0.15, 0.2) is 48.7 Å². The van der Waals surface area contributed by atoms with Crippen molar-refractivity contribution >= 4 is 68.0 Å². The van der Waals surface area contributed by atoms with E-state index in [1.807, 2.05) is 0 Å². The van der Waals surface area contributed by atoms with Crippen LogP contribution in [0.4, 0.5) is 23.7 Å². The Morgan fingerprint density at radius 3 is 2.23 bits per heavy atom. The monoisotopic (exact) mass is 642 g/mol. The number of rotatable bonds is 8. The van der Waals surface area contributed by atoms with Crippen molar-refractivity contribution in [2.24, 2.45) is 0 Å². The predicted octanol–water partition coefficient (Wildman–Crippen LogP) is 5.81. The summed E-state index contributed by atoms with van der Waals surface area (Å²) in [4.78, 5) is 31.4. The standard InChI is InChI=1S/C24H24Cl3F3N4O5S/c1-22(2,3)39-21(36)33(16-9-7-15(8-10-16)11-12-32-40(37,38)24(28,29)30)14-17-5-4-6-19-31-13-18(34(17)19)20(35)23(25,26)27/h4-10,13,32H,11-12,14H2,1-3H3. The van der Waals surface area contributed by atoms with Gasteiger partial charge >= 0.3 is 21.6 Å². The number of nitrogens with zero attached hydrogens (tertiary/aromatic N) is 3. The third kappa shape index (κ3) is 7.78. The highest BCUT2D eigenvalue weighted by molar-refractivity contribution is 7.90. The van der Waals surface area contributed by atoms with E-state index in [1.54, 1.807) is 39.0 Å². The quantitative estimate of drug-likeness (QED) is 0.245. The number of Topliss-reactive ketones (excluding diaryl/α,β-unsaturated/α-hetero) is 1. The molecule has 218 valence electrons. The lowest BCUT2D eigenvalue weighted by molar-refractivity contribution is -0.0447. The highest BCUT2D eigenvalue weighted by atomic mass is 35.6. The van der Waals surface area contributed by atoms with Gasteiger partial charge in [-0.05, 0) is 57.0 Å². The first-order valence-corrected chi connectivity index (χ1v) is 14.1. The van der Waals surface area contributed by atoms with Crippen molar-refractivity contribution in [1.82, 2.24) is 14.1 Å². The summed E-state index contributed by atoms with van der Waals surface area (Å²) in [5, 5.41) is 0. The Hall–Kier alpha value is -2.58. The number of carbonyl (C=O) groups excluding carboxylic acids is 2. The highest BCUT2D eigenvalue weighted by Crippen LogP contribution is 2.31. The number of alkyl halides is 6. The molecular weight excluding hydrogens is 620 g/mol. The maximum Gasteiger partial charge on any atom is 0.511 e. The molecular formula is C24H24Cl3F3N4O5S. The molecule has 0 aliphatic rings. The van der Waals surface area contributed by atoms with Crippen LogP contribution in [0.5, 0.6) is 0 Å². The Kier molecular flexibility index (Phi) is 9.36. The molecule has 0 bridgehead atoms. The van der Waals surface area contributed by atoms with E-state index < -0.39 is 43.3 Å². The van der Waals surface area contributed by atoms with Crippen molar-refractivity contribution in [3.63, 3.8) is 0 Å². The Bertz CT molecular complexity index is 1500. The number of nitrogens with one attached hydrogen (secondary N) is 1. The largest absolute Gasteiger partial charge is 0.511 e. The number of ketones is 1. The van der Waals surface area contributed by atoms with Crippen LogP contribution in [0.25, 0.3) is 5.65 Å². The lowest BCUT2D eigenvalue weighted by Gasteiger charge is -2.28. The normalized spacial score (nSPS) is 12.9. The van der Waals surface area contributed by atoms with Gasteiger partial charge in [-0.3, -0.25) is 14.1 Å². The molecule has 0 saturated carbocycles. The minimum Gasteiger partial charge on any atom is -0.443 e. The van der Waals surface area contributed by atoms with Crippen molar-refractivity contribution in [3.05, 3.63) is 65.6 Å². The molecule has 0 saturated heterocycles. The molecule has 0 aliphatic carbocycles. The first-order chi connectivity index (χ1) is 18.3. The third-order valence-corrected chi connectivity index (χ3v) is 7.00. The SMILES string of the molecule is CC(C)(C)OC(=O)N(Cc1cccc2ncc(C(=O)C(Cl)(Cl)Cl)n12)c1ccc(CCNS(=O)(=O)C(F)(F)F)cc1. The van der Waals surface area contributed by atoms with E-state index in [0.717, 1.165) is 0 Å². The second kappa shape index (κ2) is 11.7. The molecule has 0 radical (unpaired) electrons. The number of anilines is 1. The van der Waals surface area contributed by atoms with Gasteiger partial charge < -0.3 is 4.74 Å². The first kappa shape index (κ1) is 31.9. The summed E-state index contributed by atoms with van der Waals surface area (Å²) >= 11 is 17.4. The zero-order chi connectivity index (χ0) is 30.1. The van der Waals surface area contributed by atoms with Crippen molar-refractivity contribution in [3.8, 4) is 0 Å². The number of hydrogen-bond acceptors (Lipinski definition) is 6. The van der Waals surface area contributed by atoms with Gasteiger partial charge in [0.25, 0.3) is 3.79 Å². The molecule has 0 atom stereocenters. The average Bonchev–Trinajstić information content (AvgIpc) is 3.25. The summed E-state index contributed by atoms with van der Waals surface area (Å²) in [5.74, 6) is -0.827. The third-order valence-electron chi connectivity index (χ3n) is 5.29. The van der Waals surface area contributed by atoms with Gasteiger partial charge in [0, 0.05) is 17.9 Å². The molecule has 1 N–H and O–H groups in total. The van der Waals surface area contributed by atoms with Crippen LogP contribution in [0.1, 0.15) is 42.5 Å². The summed E-state index contributed by atoms with van der Waals surface area (Å²) in [7, 11) is -5.46. The zero-order valence-electron chi connectivity index (χ0n) is 21.3. The molecule has 0 fully saturated rings. The van der Waals surface area contributed by atoms with Crippen LogP contribution >= 0.6 is 34.8 Å². The summed E-state index contributed by atoms with van der Waals surface area (Å²) in [6.07, 6.45) is 0.478. The lowest BCUT2D eigenvalue weighted by atomic mass is 10.1. The van der Waals surface area contributed by atoms with Crippen molar-refractivity contribution in [1.29, 1.82) is 0 Å². The number of sulfonamides is 1. The van der Waals surface area contributed by atoms with E-state index in [9.17, 15) is 31.2 Å². The summed E-state index contributed by atoms with van der Waals surface area (Å²) in [5.41, 5.74) is -4.66. The molecule has 0 aliphatic heterocycles. The van der Waals surface area contributed by atoms with Gasteiger partial charge in [0.2, 0.25) is 5.78 Å². The predicted molar refractivity (Wildman–Crippen MR) is 145 cm³/mol. The van der Waals surface area contributed by atoms with E-state index in [0.29, 0.717) is 22.6 Å². The summed E-state index contributed by atoms with van der Waals surface area (Å²) in [6, 6.07) is 11.0. The van der Waals surface area contributed by atoms with E-state index in [-0.39, 0.29) is 18.7 Å². The number of amides is 1. The van der Waals surface area contributed by atoms with Crippen molar-refractivity contribution < 1.29 is 35.9 Å². The van der Waals surface area contributed by atoms with E-state index in [4.69, 9.17) is 39.5 Å². The van der Waals surface area contributed by atoms with E-state index >= 15 is 0 Å². The van der Waals surface area contributed by atoms with Crippen LogP contribution in [-0.2, 0) is 27.7 Å². The van der Waals surface area contributed by atoms with Crippen LogP contribution in [0, 0.1) is 0 Å². The lowest BCUT2D eigenvalue weighted by Crippen LogP contribution is -2.37. The molecule has 0 spiro atoms. The van der Waals surface area contributed by atoms with Gasteiger partial charge in [0.15, 0.2) is 0 Å². The molecule has 0 unspecified atom stereocenters. The number of pyridine rings is 1. The molecule has 2 heterocycles. The minimum atomic E-state index is -5.46. The molecule has 9 nitrogen and oxygen atoms in total. The number of halogens is 6.